The number of hydrogen-bond donors (Lipinski definition) is 2. The smallest absolute Gasteiger partial charge is 0.123 e. The second-order valence-electron chi connectivity index (χ2n) is 7.96. The zero-order valence-corrected chi connectivity index (χ0v) is 18.8. The van der Waals surface area contributed by atoms with Crippen LogP contribution in [-0.2, 0) is 0 Å². The number of aliphatic hydroxyl groups is 1. The van der Waals surface area contributed by atoms with Gasteiger partial charge in [0.25, 0.3) is 0 Å². The molecule has 2 N–H and O–H groups in total. The molecule has 2 rings (SSSR count). The molecule has 0 bridgehead atoms. The van der Waals surface area contributed by atoms with Gasteiger partial charge in [0, 0.05) is 36.5 Å². The molecule has 31 heavy (non-hydrogen) atoms. The molecule has 1 atom stereocenters. The Kier molecular flexibility index (Phi) is 9.82. The van der Waals surface area contributed by atoms with Crippen LogP contribution >= 0.6 is 0 Å². The SMILES string of the molecule is C=C/C=C(N=C(C)C(C)CC)/C(=C\CN1CCC(O)CC1)C(=N\O)/c1ccc(F)cc1. The standard InChI is InChI=1S/C25H34FN3O2/c1-5-7-24(27-19(4)18(3)6-2)23(14-17-29-15-12-22(30)13-16-29)25(28-31)20-8-10-21(26)11-9-20/h5,7-11,14,18,22,30-31H,1,6,12-13,15-17H2,2-4H3/b23-14+,24-7-,27-19?,28-25-. The molecule has 0 saturated carbocycles. The van der Waals surface area contributed by atoms with Gasteiger partial charge in [-0.2, -0.15) is 0 Å². The molecule has 1 fully saturated rings. The number of oxime groups is 1. The summed E-state index contributed by atoms with van der Waals surface area (Å²) < 4.78 is 13.5. The van der Waals surface area contributed by atoms with Gasteiger partial charge >= 0.3 is 0 Å². The van der Waals surface area contributed by atoms with Crippen molar-refractivity contribution in [2.75, 3.05) is 19.6 Å². The van der Waals surface area contributed by atoms with E-state index < -0.39 is 0 Å². The fraction of sp³-hybridized carbons (Fsp3) is 0.440. The van der Waals surface area contributed by atoms with Gasteiger partial charge in [0.05, 0.1) is 11.8 Å². The molecule has 0 spiro atoms. The van der Waals surface area contributed by atoms with Gasteiger partial charge in [-0.15, -0.1) is 0 Å². The van der Waals surface area contributed by atoms with E-state index in [2.05, 4.69) is 30.5 Å². The summed E-state index contributed by atoms with van der Waals surface area (Å²) in [7, 11) is 0. The van der Waals surface area contributed by atoms with E-state index in [1.807, 2.05) is 13.0 Å². The minimum Gasteiger partial charge on any atom is -0.410 e. The quantitative estimate of drug-likeness (QED) is 0.253. The van der Waals surface area contributed by atoms with Gasteiger partial charge < -0.3 is 10.3 Å². The van der Waals surface area contributed by atoms with Crippen molar-refractivity contribution in [3.63, 3.8) is 0 Å². The van der Waals surface area contributed by atoms with Crippen LogP contribution in [0.4, 0.5) is 4.39 Å². The lowest BCUT2D eigenvalue weighted by atomic mass is 9.97. The number of halogens is 1. The molecule has 1 saturated heterocycles. The molecule has 1 aromatic carbocycles. The van der Waals surface area contributed by atoms with Crippen molar-refractivity contribution in [2.45, 2.75) is 46.1 Å². The number of nitrogens with zero attached hydrogens (tertiary/aromatic N) is 3. The Hall–Kier alpha value is -2.57. The maximum Gasteiger partial charge on any atom is 0.123 e. The number of rotatable bonds is 9. The second kappa shape index (κ2) is 12.3. The number of aliphatic imine (C=N–C) groups is 1. The Morgan fingerprint density at radius 2 is 1.94 bits per heavy atom. The van der Waals surface area contributed by atoms with Crippen molar-refractivity contribution in [3.8, 4) is 0 Å². The Morgan fingerprint density at radius 3 is 2.48 bits per heavy atom. The first-order chi connectivity index (χ1) is 14.9. The summed E-state index contributed by atoms with van der Waals surface area (Å²) in [6, 6.07) is 5.86. The molecule has 0 radical (unpaired) electrons. The number of allylic oxidation sites excluding steroid dienone is 3. The maximum absolute atomic E-state index is 13.5. The molecule has 1 aliphatic rings. The predicted molar refractivity (Wildman–Crippen MR) is 125 cm³/mol. The van der Waals surface area contributed by atoms with Crippen molar-refractivity contribution in [1.29, 1.82) is 0 Å². The van der Waals surface area contributed by atoms with Gasteiger partial charge in [-0.25, -0.2) is 4.39 Å². The van der Waals surface area contributed by atoms with Gasteiger partial charge in [-0.1, -0.05) is 37.7 Å². The number of benzene rings is 1. The molecule has 168 valence electrons. The van der Waals surface area contributed by atoms with Crippen LogP contribution in [0.1, 0.15) is 45.6 Å². The molecule has 6 heteroatoms. The highest BCUT2D eigenvalue weighted by Gasteiger charge is 2.19. The third-order valence-corrected chi connectivity index (χ3v) is 5.76. The van der Waals surface area contributed by atoms with Gasteiger partial charge in [0.1, 0.15) is 11.5 Å². The third kappa shape index (κ3) is 7.26. The monoisotopic (exact) mass is 427 g/mol. The molecule has 1 aromatic rings. The number of hydrogen-bond acceptors (Lipinski definition) is 5. The summed E-state index contributed by atoms with van der Waals surface area (Å²) in [4.78, 5) is 7.08. The van der Waals surface area contributed by atoms with Crippen molar-refractivity contribution in [2.24, 2.45) is 16.1 Å². The minimum atomic E-state index is -0.356. The van der Waals surface area contributed by atoms with Crippen LogP contribution in [0, 0.1) is 11.7 Å². The van der Waals surface area contributed by atoms with E-state index in [1.54, 1.807) is 24.3 Å². The summed E-state index contributed by atoms with van der Waals surface area (Å²) in [6.45, 7) is 12.2. The van der Waals surface area contributed by atoms with Crippen molar-refractivity contribution in [1.82, 2.24) is 4.90 Å². The largest absolute Gasteiger partial charge is 0.410 e. The second-order valence-corrected chi connectivity index (χ2v) is 7.96. The normalized spacial score (nSPS) is 18.9. The van der Waals surface area contributed by atoms with Crippen LogP contribution in [0.5, 0.6) is 0 Å². The molecule has 0 aromatic heterocycles. The Bertz CT molecular complexity index is 848. The van der Waals surface area contributed by atoms with E-state index in [1.165, 1.54) is 12.1 Å². The summed E-state index contributed by atoms with van der Waals surface area (Å²) in [5.74, 6) is -0.0516. The summed E-state index contributed by atoms with van der Waals surface area (Å²) in [5.41, 5.74) is 3.19. The molecule has 1 unspecified atom stereocenters. The van der Waals surface area contributed by atoms with Crippen LogP contribution < -0.4 is 0 Å². The Balaban J connectivity index is 2.48. The molecule has 0 amide bonds. The third-order valence-electron chi connectivity index (χ3n) is 5.76. The lowest BCUT2D eigenvalue weighted by Crippen LogP contribution is -2.36. The van der Waals surface area contributed by atoms with Gasteiger partial charge in [0.15, 0.2) is 0 Å². The number of aliphatic hydroxyl groups excluding tert-OH is 1. The summed E-state index contributed by atoms with van der Waals surface area (Å²) >= 11 is 0. The fourth-order valence-corrected chi connectivity index (χ4v) is 3.41. The Labute approximate surface area is 185 Å². The van der Waals surface area contributed by atoms with E-state index in [-0.39, 0.29) is 11.9 Å². The number of likely N-dealkylation sites (tertiary alicyclic amines) is 1. The maximum atomic E-state index is 13.5. The lowest BCUT2D eigenvalue weighted by molar-refractivity contribution is 0.0880. The highest BCUT2D eigenvalue weighted by molar-refractivity contribution is 6.15. The highest BCUT2D eigenvalue weighted by atomic mass is 19.1. The first-order valence-electron chi connectivity index (χ1n) is 10.9. The summed E-state index contributed by atoms with van der Waals surface area (Å²) in [5, 5.41) is 23.2. The van der Waals surface area contributed by atoms with Crippen molar-refractivity contribution >= 4 is 11.4 Å². The van der Waals surface area contributed by atoms with Crippen LogP contribution in [0.3, 0.4) is 0 Å². The topological polar surface area (TPSA) is 68.4 Å². The molecule has 1 aliphatic heterocycles. The lowest BCUT2D eigenvalue weighted by Gasteiger charge is -2.28. The van der Waals surface area contributed by atoms with Crippen LogP contribution in [0.25, 0.3) is 0 Å². The van der Waals surface area contributed by atoms with Crippen molar-refractivity contribution in [3.05, 3.63) is 71.7 Å². The first kappa shape index (κ1) is 24.7. The molecular weight excluding hydrogens is 393 g/mol. The highest BCUT2D eigenvalue weighted by Crippen LogP contribution is 2.22. The predicted octanol–water partition coefficient (Wildman–Crippen LogP) is 4.96. The molecule has 5 nitrogen and oxygen atoms in total. The Morgan fingerprint density at radius 1 is 1.29 bits per heavy atom. The van der Waals surface area contributed by atoms with E-state index in [0.717, 1.165) is 38.1 Å². The van der Waals surface area contributed by atoms with Gasteiger partial charge in [0.2, 0.25) is 0 Å². The van der Waals surface area contributed by atoms with Crippen LogP contribution in [0.15, 0.2) is 70.5 Å². The number of piperidine rings is 1. The van der Waals surface area contributed by atoms with E-state index >= 15 is 0 Å². The van der Waals surface area contributed by atoms with Gasteiger partial charge in [-0.05, 0) is 62.4 Å². The average Bonchev–Trinajstić information content (AvgIpc) is 2.77. The van der Waals surface area contributed by atoms with E-state index in [4.69, 9.17) is 4.99 Å². The van der Waals surface area contributed by atoms with Crippen LogP contribution in [-0.4, -0.2) is 52.4 Å². The van der Waals surface area contributed by atoms with Crippen LogP contribution in [0.2, 0.25) is 0 Å². The minimum absolute atomic E-state index is 0.243. The molecule has 0 aliphatic carbocycles. The zero-order valence-electron chi connectivity index (χ0n) is 18.8. The van der Waals surface area contributed by atoms with Crippen molar-refractivity contribution < 1.29 is 14.7 Å². The summed E-state index contributed by atoms with van der Waals surface area (Å²) in [6.07, 6.45) is 7.64. The van der Waals surface area contributed by atoms with E-state index in [9.17, 15) is 14.7 Å². The average molecular weight is 428 g/mol. The fourth-order valence-electron chi connectivity index (χ4n) is 3.41. The van der Waals surface area contributed by atoms with E-state index in [0.29, 0.717) is 35.0 Å². The van der Waals surface area contributed by atoms with Gasteiger partial charge in [-0.3, -0.25) is 9.89 Å². The molecule has 1 heterocycles. The first-order valence-corrected chi connectivity index (χ1v) is 10.9. The zero-order chi connectivity index (χ0) is 22.8. The molecular formula is C25H34FN3O2.